The zero-order valence-corrected chi connectivity index (χ0v) is 19.2. The average Bonchev–Trinajstić information content (AvgIpc) is 3.36. The van der Waals surface area contributed by atoms with Crippen LogP contribution in [0.1, 0.15) is 45.0 Å². The largest absolute Gasteiger partial charge is 0.389 e. The topological polar surface area (TPSA) is 129 Å². The second kappa shape index (κ2) is 7.98. The predicted molar refractivity (Wildman–Crippen MR) is 123 cm³/mol. The molecule has 4 aromatic rings. The van der Waals surface area contributed by atoms with E-state index in [2.05, 4.69) is 27.1 Å². The third-order valence-corrected chi connectivity index (χ3v) is 6.24. The summed E-state index contributed by atoms with van der Waals surface area (Å²) in [6.45, 7) is 5.89. The number of hydrogen-bond donors (Lipinski definition) is 2. The van der Waals surface area contributed by atoms with Gasteiger partial charge in [-0.05, 0) is 57.2 Å². The number of nitrogen functional groups attached to an aromatic ring is 1. The molecule has 0 spiro atoms. The van der Waals surface area contributed by atoms with E-state index in [9.17, 15) is 9.50 Å². The van der Waals surface area contributed by atoms with Gasteiger partial charge >= 0.3 is 0 Å². The minimum Gasteiger partial charge on any atom is -0.389 e. The maximum absolute atomic E-state index is 13.8. The van der Waals surface area contributed by atoms with Gasteiger partial charge in [0.15, 0.2) is 17.5 Å². The van der Waals surface area contributed by atoms with Gasteiger partial charge in [0.25, 0.3) is 5.89 Å². The molecule has 0 bridgehead atoms. The van der Waals surface area contributed by atoms with Gasteiger partial charge in [0.05, 0.1) is 35.0 Å². The highest BCUT2D eigenvalue weighted by Crippen LogP contribution is 2.50. The fourth-order valence-electron chi connectivity index (χ4n) is 4.18. The van der Waals surface area contributed by atoms with E-state index in [0.717, 1.165) is 18.4 Å². The third-order valence-electron chi connectivity index (χ3n) is 6.24. The van der Waals surface area contributed by atoms with Gasteiger partial charge in [-0.25, -0.2) is 9.37 Å². The Hall–Kier alpha value is -3.66. The Morgan fingerprint density at radius 3 is 2.59 bits per heavy atom. The van der Waals surface area contributed by atoms with Crippen LogP contribution >= 0.6 is 0 Å². The summed E-state index contributed by atoms with van der Waals surface area (Å²) in [6, 6.07) is 5.13. The molecule has 1 unspecified atom stereocenters. The summed E-state index contributed by atoms with van der Waals surface area (Å²) in [6.07, 6.45) is 8.81. The van der Waals surface area contributed by atoms with Crippen LogP contribution in [0.3, 0.4) is 0 Å². The van der Waals surface area contributed by atoms with Crippen molar-refractivity contribution in [3.8, 4) is 22.7 Å². The number of halogens is 1. The molecular formula is C24H26FN7O2. The van der Waals surface area contributed by atoms with E-state index in [1.54, 1.807) is 37.1 Å². The van der Waals surface area contributed by atoms with Crippen LogP contribution in [0.25, 0.3) is 22.7 Å². The Morgan fingerprint density at radius 1 is 1.15 bits per heavy atom. The highest BCUT2D eigenvalue weighted by Gasteiger charge is 2.47. The maximum atomic E-state index is 13.8. The average molecular weight is 464 g/mol. The molecule has 3 N–H and O–H groups in total. The molecule has 0 amide bonds. The molecule has 5 rings (SSSR count). The zero-order chi connectivity index (χ0) is 24.1. The van der Waals surface area contributed by atoms with Crippen molar-refractivity contribution in [1.82, 2.24) is 29.9 Å². The van der Waals surface area contributed by atoms with E-state index in [0.29, 0.717) is 41.0 Å². The molecule has 0 aromatic carbocycles. The highest BCUT2D eigenvalue weighted by atomic mass is 19.1. The van der Waals surface area contributed by atoms with Crippen molar-refractivity contribution in [3.05, 3.63) is 60.2 Å². The third kappa shape index (κ3) is 4.16. The first kappa shape index (κ1) is 22.1. The summed E-state index contributed by atoms with van der Waals surface area (Å²) < 4.78 is 21.1. The number of nitrogens with two attached hydrogens (primary N) is 1. The number of nitrogens with zero attached hydrogens (tertiary/aromatic N) is 6. The lowest BCUT2D eigenvalue weighted by Crippen LogP contribution is -2.28. The smallest absolute Gasteiger partial charge is 0.261 e. The van der Waals surface area contributed by atoms with Crippen molar-refractivity contribution < 1.29 is 14.0 Å². The fourth-order valence-corrected chi connectivity index (χ4v) is 4.18. The van der Waals surface area contributed by atoms with Gasteiger partial charge in [0, 0.05) is 24.2 Å². The minimum absolute atomic E-state index is 0.139. The van der Waals surface area contributed by atoms with E-state index in [1.165, 1.54) is 12.3 Å². The molecule has 0 saturated heterocycles. The number of rotatable bonds is 7. The molecule has 0 radical (unpaired) electrons. The van der Waals surface area contributed by atoms with Gasteiger partial charge in [0.2, 0.25) is 0 Å². The number of aromatic nitrogens is 6. The zero-order valence-electron chi connectivity index (χ0n) is 19.2. The number of hydrogen-bond acceptors (Lipinski definition) is 8. The van der Waals surface area contributed by atoms with Crippen LogP contribution in [0.15, 0.2) is 47.5 Å². The van der Waals surface area contributed by atoms with E-state index in [-0.39, 0.29) is 5.82 Å². The van der Waals surface area contributed by atoms with E-state index < -0.39 is 16.8 Å². The molecule has 0 aliphatic heterocycles. The Labute approximate surface area is 195 Å². The molecule has 1 fully saturated rings. The van der Waals surface area contributed by atoms with Crippen LogP contribution in [0.4, 0.5) is 10.2 Å². The summed E-state index contributed by atoms with van der Waals surface area (Å²) in [4.78, 5) is 13.1. The number of pyridine rings is 2. The Kier molecular flexibility index (Phi) is 5.20. The van der Waals surface area contributed by atoms with Crippen LogP contribution in [-0.4, -0.2) is 40.6 Å². The molecule has 4 heterocycles. The summed E-state index contributed by atoms with van der Waals surface area (Å²) in [5.74, 6) is 0.600. The second-order valence-corrected chi connectivity index (χ2v) is 9.66. The number of aliphatic hydroxyl groups is 1. The summed E-state index contributed by atoms with van der Waals surface area (Å²) in [7, 11) is 0. The van der Waals surface area contributed by atoms with Crippen molar-refractivity contribution >= 4 is 5.82 Å². The number of anilines is 1. The molecule has 4 aromatic heterocycles. The molecule has 1 aliphatic carbocycles. The molecule has 10 heteroatoms. The molecule has 1 saturated carbocycles. The maximum Gasteiger partial charge on any atom is 0.261 e. The van der Waals surface area contributed by atoms with Crippen LogP contribution in [0.5, 0.6) is 0 Å². The van der Waals surface area contributed by atoms with E-state index in [4.69, 9.17) is 15.2 Å². The second-order valence-electron chi connectivity index (χ2n) is 9.66. The molecule has 1 aliphatic rings. The van der Waals surface area contributed by atoms with Crippen molar-refractivity contribution in [2.75, 3.05) is 5.73 Å². The molecule has 34 heavy (non-hydrogen) atoms. The van der Waals surface area contributed by atoms with E-state index >= 15 is 0 Å². The Morgan fingerprint density at radius 2 is 1.94 bits per heavy atom. The summed E-state index contributed by atoms with van der Waals surface area (Å²) in [5.41, 5.74) is 6.90. The van der Waals surface area contributed by atoms with Gasteiger partial charge in [-0.1, -0.05) is 11.2 Å². The molecule has 1 atom stereocenters. The highest BCUT2D eigenvalue weighted by molar-refractivity contribution is 5.60. The predicted octanol–water partition coefficient (Wildman–Crippen LogP) is 3.60. The summed E-state index contributed by atoms with van der Waals surface area (Å²) in [5, 5.41) is 18.6. The van der Waals surface area contributed by atoms with Crippen LogP contribution in [-0.2, 0) is 12.0 Å². The molecular weight excluding hydrogens is 437 g/mol. The fraction of sp³-hybridized carbons (Fsp3) is 0.375. The minimum atomic E-state index is -0.888. The van der Waals surface area contributed by atoms with Gasteiger partial charge in [-0.3, -0.25) is 9.67 Å². The monoisotopic (exact) mass is 463 g/mol. The first-order valence-electron chi connectivity index (χ1n) is 11.1. The van der Waals surface area contributed by atoms with Gasteiger partial charge < -0.3 is 15.4 Å². The van der Waals surface area contributed by atoms with Gasteiger partial charge in [0.1, 0.15) is 0 Å². The first-order chi connectivity index (χ1) is 16.1. The Balaban J connectivity index is 1.44. The lowest BCUT2D eigenvalue weighted by Gasteiger charge is -2.26. The molecule has 9 nitrogen and oxygen atoms in total. The summed E-state index contributed by atoms with van der Waals surface area (Å²) >= 11 is 0. The van der Waals surface area contributed by atoms with E-state index in [1.807, 2.05) is 12.1 Å². The quantitative estimate of drug-likeness (QED) is 0.425. The van der Waals surface area contributed by atoms with Crippen molar-refractivity contribution in [2.24, 2.45) is 5.92 Å². The molecule has 176 valence electrons. The first-order valence-corrected chi connectivity index (χ1v) is 11.1. The van der Waals surface area contributed by atoms with Crippen LogP contribution in [0, 0.1) is 11.7 Å². The van der Waals surface area contributed by atoms with Crippen molar-refractivity contribution in [2.45, 2.75) is 51.2 Å². The SMILES string of the molecule is CC(C)(O)Cn1cc(-c2nc(C(C)(c3ccc(-c4cnc(N)c(F)c4)nc3)C3CC3)no2)cn1. The van der Waals surface area contributed by atoms with Crippen LogP contribution in [0.2, 0.25) is 0 Å². The van der Waals surface area contributed by atoms with Gasteiger partial charge in [-0.15, -0.1) is 0 Å². The van der Waals surface area contributed by atoms with Crippen molar-refractivity contribution in [3.63, 3.8) is 0 Å². The Bertz CT molecular complexity index is 1320. The van der Waals surface area contributed by atoms with Gasteiger partial charge in [-0.2, -0.15) is 10.1 Å². The van der Waals surface area contributed by atoms with Crippen LogP contribution < -0.4 is 5.73 Å². The van der Waals surface area contributed by atoms with Crippen molar-refractivity contribution in [1.29, 1.82) is 0 Å². The normalized spacial score (nSPS) is 15.9. The lowest BCUT2D eigenvalue weighted by molar-refractivity contribution is 0.0577. The lowest BCUT2D eigenvalue weighted by atomic mass is 9.77. The standard InChI is InChI=1S/C24H26FN7O2/c1-23(2,33)13-32-12-15(10-29-32)21-30-22(31-34-21)24(3,16-4-5-16)17-6-7-19(27-11-17)14-8-18(25)20(26)28-9-14/h6-12,16,33H,4-5,13H2,1-3H3,(H2,26,28).